The van der Waals surface area contributed by atoms with Gasteiger partial charge in [-0.15, -0.1) is 13.2 Å². The highest BCUT2D eigenvalue weighted by molar-refractivity contribution is 5.84. The van der Waals surface area contributed by atoms with E-state index < -0.39 is 0 Å². The fraction of sp³-hybridized carbons (Fsp3) is 0.513. The third-order valence-electron chi connectivity index (χ3n) is 10.2. The lowest BCUT2D eigenvalue weighted by atomic mass is 9.70. The molecule has 3 saturated heterocycles. The van der Waals surface area contributed by atoms with Crippen LogP contribution in [0.2, 0.25) is 0 Å². The summed E-state index contributed by atoms with van der Waals surface area (Å²) in [5.74, 6) is 2.96. The number of hydrogen-bond donors (Lipinski definition) is 0. The van der Waals surface area contributed by atoms with Crippen molar-refractivity contribution in [3.8, 4) is 11.5 Å². The van der Waals surface area contributed by atoms with Gasteiger partial charge in [0, 0.05) is 47.0 Å². The number of hydrogen-bond acceptors (Lipinski definition) is 4. The molecule has 5 nitrogen and oxygen atoms in total. The molecule has 3 fully saturated rings. The molecule has 0 N–H and O–H groups in total. The lowest BCUT2D eigenvalue weighted by Crippen LogP contribution is -2.67. The molecule has 0 radical (unpaired) electrons. The molecule has 2 unspecified atom stereocenters. The van der Waals surface area contributed by atoms with Gasteiger partial charge in [-0.2, -0.15) is 0 Å². The van der Waals surface area contributed by atoms with E-state index in [1.165, 1.54) is 28.7 Å². The Labute approximate surface area is 265 Å². The van der Waals surface area contributed by atoms with Crippen molar-refractivity contribution in [1.82, 2.24) is 4.98 Å². The van der Waals surface area contributed by atoms with Crippen LogP contribution in [0.3, 0.4) is 0 Å². The Balaban J connectivity index is 1.68. The Morgan fingerprint density at radius 3 is 2.27 bits per heavy atom. The first-order chi connectivity index (χ1) is 20.8. The lowest BCUT2D eigenvalue weighted by Gasteiger charge is -2.58. The molecule has 3 aromatic rings. The summed E-state index contributed by atoms with van der Waals surface area (Å²) in [6.45, 7) is 25.7. The molecule has 0 spiro atoms. The van der Waals surface area contributed by atoms with Crippen LogP contribution >= 0.6 is 0 Å². The van der Waals surface area contributed by atoms with Crippen LogP contribution in [-0.4, -0.2) is 49.4 Å². The SMILES string of the molecule is C=CCO[C@@H](c1ccnc2ccc(OC)cc12)[C@H]1CC2CC[N+]1(Cc1cc(C(C)(C)C)c(OC)c(C(C)(C)C)c1)C[C@@H]2C=C. The molecule has 44 heavy (non-hydrogen) atoms. The maximum absolute atomic E-state index is 6.83. The highest BCUT2D eigenvalue weighted by Gasteiger charge is 2.54. The van der Waals surface area contributed by atoms with Gasteiger partial charge in [-0.3, -0.25) is 4.98 Å². The van der Waals surface area contributed by atoms with E-state index in [0.717, 1.165) is 52.9 Å². The van der Waals surface area contributed by atoms with Crippen molar-refractivity contribution >= 4 is 10.9 Å². The summed E-state index contributed by atoms with van der Waals surface area (Å²) in [5.41, 5.74) is 5.96. The minimum atomic E-state index is -0.110. The van der Waals surface area contributed by atoms with Crippen LogP contribution in [0.15, 0.2) is 67.9 Å². The fourth-order valence-electron chi connectivity index (χ4n) is 7.94. The predicted molar refractivity (Wildman–Crippen MR) is 181 cm³/mol. The smallest absolute Gasteiger partial charge is 0.135 e. The second kappa shape index (κ2) is 12.3. The molecule has 1 aromatic heterocycles. The summed E-state index contributed by atoms with van der Waals surface area (Å²) in [5, 5.41) is 1.09. The first-order valence-corrected chi connectivity index (χ1v) is 16.2. The predicted octanol–water partition coefficient (Wildman–Crippen LogP) is 8.70. The topological polar surface area (TPSA) is 40.6 Å². The monoisotopic (exact) mass is 597 g/mol. The number of aromatic nitrogens is 1. The van der Waals surface area contributed by atoms with Gasteiger partial charge in [0.2, 0.25) is 0 Å². The molecular weight excluding hydrogens is 544 g/mol. The largest absolute Gasteiger partial charge is 0.497 e. The highest BCUT2D eigenvalue weighted by atomic mass is 16.5. The quantitative estimate of drug-likeness (QED) is 0.173. The molecule has 5 heteroatoms. The van der Waals surface area contributed by atoms with Gasteiger partial charge >= 0.3 is 0 Å². The van der Waals surface area contributed by atoms with Gasteiger partial charge < -0.3 is 18.7 Å². The van der Waals surface area contributed by atoms with Crippen LogP contribution in [-0.2, 0) is 22.1 Å². The number of fused-ring (bicyclic) bond motifs is 4. The zero-order valence-electron chi connectivity index (χ0n) is 28.3. The molecule has 0 saturated carbocycles. The Morgan fingerprint density at radius 1 is 0.977 bits per heavy atom. The minimum Gasteiger partial charge on any atom is -0.497 e. The van der Waals surface area contributed by atoms with Gasteiger partial charge in [-0.1, -0.05) is 53.7 Å². The average molecular weight is 598 g/mol. The first kappa shape index (κ1) is 32.2. The number of pyridine rings is 1. The van der Waals surface area contributed by atoms with Gasteiger partial charge in [0.1, 0.15) is 30.2 Å². The van der Waals surface area contributed by atoms with E-state index in [1.807, 2.05) is 31.5 Å². The Kier molecular flexibility index (Phi) is 9.04. The average Bonchev–Trinajstić information content (AvgIpc) is 3.00. The third kappa shape index (κ3) is 6.06. The van der Waals surface area contributed by atoms with Gasteiger partial charge in [0.05, 0.1) is 39.4 Å². The van der Waals surface area contributed by atoms with Crippen molar-refractivity contribution < 1.29 is 18.7 Å². The van der Waals surface area contributed by atoms with E-state index in [-0.39, 0.29) is 23.0 Å². The number of rotatable bonds is 10. The van der Waals surface area contributed by atoms with E-state index in [9.17, 15) is 0 Å². The van der Waals surface area contributed by atoms with E-state index in [4.69, 9.17) is 19.2 Å². The lowest BCUT2D eigenvalue weighted by molar-refractivity contribution is -0.985. The molecule has 5 atom stereocenters. The van der Waals surface area contributed by atoms with E-state index >= 15 is 0 Å². The summed E-state index contributed by atoms with van der Waals surface area (Å²) in [7, 11) is 3.54. The summed E-state index contributed by atoms with van der Waals surface area (Å²) in [6, 6.07) is 13.4. The highest BCUT2D eigenvalue weighted by Crippen LogP contribution is 2.50. The molecule has 3 aliphatic rings. The number of piperidine rings is 3. The number of ether oxygens (including phenoxy) is 3. The molecule has 4 heterocycles. The van der Waals surface area contributed by atoms with Crippen molar-refractivity contribution in [1.29, 1.82) is 0 Å². The maximum Gasteiger partial charge on any atom is 0.135 e. The van der Waals surface area contributed by atoms with Crippen molar-refractivity contribution in [2.24, 2.45) is 11.8 Å². The fourth-order valence-corrected chi connectivity index (χ4v) is 7.94. The van der Waals surface area contributed by atoms with E-state index in [2.05, 4.69) is 85.0 Å². The van der Waals surface area contributed by atoms with E-state index in [1.54, 1.807) is 7.11 Å². The Hall–Kier alpha value is -3.15. The maximum atomic E-state index is 6.83. The van der Waals surface area contributed by atoms with Crippen molar-refractivity contribution in [3.05, 3.63) is 90.2 Å². The normalized spacial score (nSPS) is 24.2. The molecule has 3 aliphatic heterocycles. The standard InChI is InChI=1S/C39H53N2O3/c1-11-19-44-36(30-15-17-40-34-14-13-29(42-9)23-31(30)34)35-22-28-16-18-41(35,25-27(28)12-2)24-26-20-32(38(3,4)5)37(43-10)33(21-26)39(6,7)8/h11-15,17,20-21,23,27-28,35-36H,1-2,16,18-19,22,24-25H2,3-10H3/q+1/t27-,28?,35+,36-,41?/m0/s1. The molecule has 6 rings (SSSR count). The molecule has 2 aromatic carbocycles. The molecule has 0 amide bonds. The van der Waals surface area contributed by atoms with Crippen LogP contribution in [0.4, 0.5) is 0 Å². The summed E-state index contributed by atoms with van der Waals surface area (Å²) < 4.78 is 19.6. The first-order valence-electron chi connectivity index (χ1n) is 16.2. The molecule has 0 aliphatic carbocycles. The van der Waals surface area contributed by atoms with Crippen LogP contribution in [0.5, 0.6) is 11.5 Å². The molecular formula is C39H53N2O3+. The zero-order chi connectivity index (χ0) is 31.9. The molecule has 2 bridgehead atoms. The van der Waals surface area contributed by atoms with Gasteiger partial charge in [0.15, 0.2) is 0 Å². The van der Waals surface area contributed by atoms with Gasteiger partial charge in [-0.05, 0) is 58.7 Å². The van der Waals surface area contributed by atoms with Crippen LogP contribution in [0, 0.1) is 11.8 Å². The number of methoxy groups -OCH3 is 2. The summed E-state index contributed by atoms with van der Waals surface area (Å²) in [4.78, 5) is 4.70. The third-order valence-corrected chi connectivity index (χ3v) is 10.2. The van der Waals surface area contributed by atoms with Crippen molar-refractivity contribution in [3.63, 3.8) is 0 Å². The molecule has 236 valence electrons. The zero-order valence-corrected chi connectivity index (χ0v) is 28.3. The summed E-state index contributed by atoms with van der Waals surface area (Å²) >= 11 is 0. The number of nitrogens with zero attached hydrogens (tertiary/aromatic N) is 2. The summed E-state index contributed by atoms with van der Waals surface area (Å²) in [6.07, 6.45) is 8.22. The van der Waals surface area contributed by atoms with Gasteiger partial charge in [-0.25, -0.2) is 0 Å². The van der Waals surface area contributed by atoms with Crippen LogP contribution in [0.25, 0.3) is 10.9 Å². The Bertz CT molecular complexity index is 1480. The van der Waals surface area contributed by atoms with Crippen LogP contribution < -0.4 is 9.47 Å². The minimum absolute atomic E-state index is 0.0517. The van der Waals surface area contributed by atoms with Crippen molar-refractivity contribution in [2.45, 2.75) is 83.9 Å². The number of quaternary nitrogens is 1. The van der Waals surface area contributed by atoms with Gasteiger partial charge in [0.25, 0.3) is 0 Å². The van der Waals surface area contributed by atoms with Crippen LogP contribution in [0.1, 0.15) is 82.7 Å². The second-order valence-corrected chi connectivity index (χ2v) is 15.1. The van der Waals surface area contributed by atoms with E-state index in [0.29, 0.717) is 18.4 Å². The van der Waals surface area contributed by atoms with Crippen molar-refractivity contribution in [2.75, 3.05) is 33.9 Å². The Morgan fingerprint density at radius 2 is 1.68 bits per heavy atom. The second-order valence-electron chi connectivity index (χ2n) is 15.1. The number of benzene rings is 2.